The maximum atomic E-state index is 14.1. The van der Waals surface area contributed by atoms with Crippen molar-refractivity contribution in [2.45, 2.75) is 57.9 Å². The Balaban J connectivity index is 0.00000364. The van der Waals surface area contributed by atoms with Crippen molar-refractivity contribution < 1.29 is 4.39 Å². The number of hydrogen-bond donors (Lipinski definition) is 2. The fraction of sp³-hybridized carbons (Fsp3) is 0.667. The van der Waals surface area contributed by atoms with E-state index >= 15 is 0 Å². The van der Waals surface area contributed by atoms with Gasteiger partial charge in [0, 0.05) is 24.5 Å². The van der Waals surface area contributed by atoms with Crippen molar-refractivity contribution in [3.05, 3.63) is 35.6 Å². The highest BCUT2D eigenvalue weighted by molar-refractivity contribution is 14.0. The first-order chi connectivity index (χ1) is 12.5. The SMILES string of the molecule is CCNC(=NCC1(c2ccccc2F)CC1)NCCCCN(C)C(C)C.I. The summed E-state index contributed by atoms with van der Waals surface area (Å²) in [5, 5.41) is 6.72. The van der Waals surface area contributed by atoms with Crippen LogP contribution in [0.3, 0.4) is 0 Å². The Morgan fingerprint density at radius 3 is 2.52 bits per heavy atom. The number of nitrogens with zero attached hydrogens (tertiary/aromatic N) is 2. The zero-order chi connectivity index (χ0) is 19.0. The first-order valence-corrected chi connectivity index (χ1v) is 9.96. The monoisotopic (exact) mass is 490 g/mol. The summed E-state index contributed by atoms with van der Waals surface area (Å²) in [4.78, 5) is 7.11. The Labute approximate surface area is 181 Å². The van der Waals surface area contributed by atoms with E-state index < -0.39 is 0 Å². The van der Waals surface area contributed by atoms with Crippen LogP contribution in [0.2, 0.25) is 0 Å². The molecule has 0 bridgehead atoms. The van der Waals surface area contributed by atoms with Crippen LogP contribution in [0.25, 0.3) is 0 Å². The van der Waals surface area contributed by atoms with Gasteiger partial charge in [-0.05, 0) is 71.7 Å². The fourth-order valence-corrected chi connectivity index (χ4v) is 3.08. The standard InChI is InChI=1S/C21H35FN4.HI/c1-5-23-20(24-14-8-9-15-26(4)17(2)3)25-16-21(12-13-21)18-10-6-7-11-19(18)22;/h6-7,10-11,17H,5,8-9,12-16H2,1-4H3,(H2,23,24,25);1H. The van der Waals surface area contributed by atoms with Crippen LogP contribution in [-0.2, 0) is 5.41 Å². The molecule has 27 heavy (non-hydrogen) atoms. The third-order valence-corrected chi connectivity index (χ3v) is 5.29. The summed E-state index contributed by atoms with van der Waals surface area (Å²) in [6.45, 7) is 10.00. The molecule has 6 heteroatoms. The van der Waals surface area contributed by atoms with Gasteiger partial charge >= 0.3 is 0 Å². The Hall–Kier alpha value is -0.890. The van der Waals surface area contributed by atoms with Gasteiger partial charge in [-0.3, -0.25) is 4.99 Å². The highest BCUT2D eigenvalue weighted by atomic mass is 127. The van der Waals surface area contributed by atoms with E-state index in [9.17, 15) is 4.39 Å². The van der Waals surface area contributed by atoms with Crippen molar-refractivity contribution in [1.82, 2.24) is 15.5 Å². The van der Waals surface area contributed by atoms with Crippen LogP contribution in [0, 0.1) is 5.82 Å². The van der Waals surface area contributed by atoms with Crippen molar-refractivity contribution in [2.75, 3.05) is 33.2 Å². The Bertz CT molecular complexity index is 587. The highest BCUT2D eigenvalue weighted by Crippen LogP contribution is 2.49. The molecule has 1 aromatic carbocycles. The maximum Gasteiger partial charge on any atom is 0.191 e. The summed E-state index contributed by atoms with van der Waals surface area (Å²) in [6.07, 6.45) is 4.30. The normalized spacial score (nSPS) is 15.6. The first kappa shape index (κ1) is 24.1. The summed E-state index contributed by atoms with van der Waals surface area (Å²) in [7, 11) is 2.17. The number of halogens is 2. The number of benzene rings is 1. The quantitative estimate of drug-likeness (QED) is 0.224. The van der Waals surface area contributed by atoms with E-state index in [1.165, 1.54) is 6.42 Å². The van der Waals surface area contributed by atoms with Gasteiger partial charge in [-0.2, -0.15) is 0 Å². The molecule has 1 aromatic rings. The number of hydrogen-bond acceptors (Lipinski definition) is 2. The Morgan fingerprint density at radius 2 is 1.93 bits per heavy atom. The molecule has 0 spiro atoms. The van der Waals surface area contributed by atoms with Crippen molar-refractivity contribution in [1.29, 1.82) is 0 Å². The van der Waals surface area contributed by atoms with Gasteiger partial charge in [0.25, 0.3) is 0 Å². The molecule has 1 aliphatic carbocycles. The lowest BCUT2D eigenvalue weighted by Crippen LogP contribution is -2.38. The molecular weight excluding hydrogens is 454 g/mol. The Kier molecular flexibility index (Phi) is 10.6. The minimum atomic E-state index is -0.104. The van der Waals surface area contributed by atoms with Gasteiger partial charge in [-0.1, -0.05) is 18.2 Å². The number of guanidine groups is 1. The van der Waals surface area contributed by atoms with E-state index in [4.69, 9.17) is 4.99 Å². The van der Waals surface area contributed by atoms with E-state index in [-0.39, 0.29) is 35.2 Å². The van der Waals surface area contributed by atoms with Gasteiger partial charge < -0.3 is 15.5 Å². The summed E-state index contributed by atoms with van der Waals surface area (Å²) in [6, 6.07) is 7.72. The van der Waals surface area contributed by atoms with Crippen molar-refractivity contribution in [2.24, 2.45) is 4.99 Å². The third-order valence-electron chi connectivity index (χ3n) is 5.29. The molecule has 1 saturated carbocycles. The number of aliphatic imine (C=N–C) groups is 1. The number of unbranched alkanes of at least 4 members (excludes halogenated alkanes) is 1. The molecule has 4 nitrogen and oxygen atoms in total. The minimum absolute atomic E-state index is 0. The molecule has 0 heterocycles. The van der Waals surface area contributed by atoms with Crippen LogP contribution >= 0.6 is 24.0 Å². The van der Waals surface area contributed by atoms with Crippen LogP contribution in [0.5, 0.6) is 0 Å². The smallest absolute Gasteiger partial charge is 0.191 e. The highest BCUT2D eigenvalue weighted by Gasteiger charge is 2.45. The maximum absolute atomic E-state index is 14.1. The molecule has 0 unspecified atom stereocenters. The van der Waals surface area contributed by atoms with E-state index in [0.717, 1.165) is 50.4 Å². The van der Waals surface area contributed by atoms with Crippen molar-refractivity contribution in [3.8, 4) is 0 Å². The first-order valence-electron chi connectivity index (χ1n) is 9.96. The largest absolute Gasteiger partial charge is 0.357 e. The van der Waals surface area contributed by atoms with Gasteiger partial charge in [0.2, 0.25) is 0 Å². The average Bonchev–Trinajstić information content (AvgIpc) is 3.40. The van der Waals surface area contributed by atoms with Gasteiger partial charge in [0.1, 0.15) is 5.82 Å². The lowest BCUT2D eigenvalue weighted by atomic mass is 9.95. The average molecular weight is 490 g/mol. The summed E-state index contributed by atoms with van der Waals surface area (Å²) >= 11 is 0. The van der Waals surface area contributed by atoms with Gasteiger partial charge in [-0.15, -0.1) is 24.0 Å². The van der Waals surface area contributed by atoms with Crippen LogP contribution in [0.1, 0.15) is 52.0 Å². The number of rotatable bonds is 10. The van der Waals surface area contributed by atoms with Crippen molar-refractivity contribution in [3.63, 3.8) is 0 Å². The molecule has 0 amide bonds. The zero-order valence-corrected chi connectivity index (χ0v) is 19.6. The third kappa shape index (κ3) is 7.56. The predicted octanol–water partition coefficient (Wildman–Crippen LogP) is 4.15. The van der Waals surface area contributed by atoms with Crippen LogP contribution < -0.4 is 10.6 Å². The second-order valence-corrected chi connectivity index (χ2v) is 7.66. The van der Waals surface area contributed by atoms with Gasteiger partial charge in [0.05, 0.1) is 6.54 Å². The number of nitrogens with one attached hydrogen (secondary N) is 2. The lowest BCUT2D eigenvalue weighted by Gasteiger charge is -2.21. The second kappa shape index (κ2) is 11.8. The molecular formula is C21H36FIN4. The second-order valence-electron chi connectivity index (χ2n) is 7.66. The minimum Gasteiger partial charge on any atom is -0.357 e. The van der Waals surface area contributed by atoms with Gasteiger partial charge in [-0.25, -0.2) is 4.39 Å². The molecule has 154 valence electrons. The van der Waals surface area contributed by atoms with Gasteiger partial charge in [0.15, 0.2) is 5.96 Å². The topological polar surface area (TPSA) is 39.7 Å². The van der Waals surface area contributed by atoms with E-state index in [1.54, 1.807) is 12.1 Å². The zero-order valence-electron chi connectivity index (χ0n) is 17.2. The molecule has 0 saturated heterocycles. The van der Waals surface area contributed by atoms with E-state index in [0.29, 0.717) is 12.6 Å². The molecule has 2 rings (SSSR count). The molecule has 1 aliphatic rings. The Morgan fingerprint density at radius 1 is 1.22 bits per heavy atom. The summed E-state index contributed by atoms with van der Waals surface area (Å²) in [5.74, 6) is 0.736. The lowest BCUT2D eigenvalue weighted by molar-refractivity contribution is 0.268. The van der Waals surface area contributed by atoms with Crippen LogP contribution in [-0.4, -0.2) is 50.1 Å². The van der Waals surface area contributed by atoms with E-state index in [1.807, 2.05) is 12.1 Å². The predicted molar refractivity (Wildman–Crippen MR) is 124 cm³/mol. The molecule has 2 N–H and O–H groups in total. The molecule has 0 aliphatic heterocycles. The fourth-order valence-electron chi connectivity index (χ4n) is 3.08. The van der Waals surface area contributed by atoms with Crippen molar-refractivity contribution >= 4 is 29.9 Å². The molecule has 0 aromatic heterocycles. The molecule has 0 radical (unpaired) electrons. The molecule has 0 atom stereocenters. The molecule has 1 fully saturated rings. The van der Waals surface area contributed by atoms with E-state index in [2.05, 4.69) is 43.4 Å². The van der Waals surface area contributed by atoms with Crippen LogP contribution in [0.15, 0.2) is 29.3 Å². The van der Waals surface area contributed by atoms with Crippen LogP contribution in [0.4, 0.5) is 4.39 Å². The summed E-state index contributed by atoms with van der Waals surface area (Å²) in [5.41, 5.74) is 0.713. The summed E-state index contributed by atoms with van der Waals surface area (Å²) < 4.78 is 14.1.